The Hall–Kier alpha value is -3.15. The molecule has 0 unspecified atom stereocenters. The zero-order valence-electron chi connectivity index (χ0n) is 19.7. The molecule has 1 aliphatic carbocycles. The van der Waals surface area contributed by atoms with Crippen molar-refractivity contribution in [1.29, 1.82) is 0 Å². The first-order chi connectivity index (χ1) is 15.9. The Bertz CT molecular complexity index is 1200. The Morgan fingerprint density at radius 2 is 1.88 bits per heavy atom. The molecule has 3 aromatic rings. The molecule has 6 nitrogen and oxygen atoms in total. The Kier molecular flexibility index (Phi) is 5.69. The lowest BCUT2D eigenvalue weighted by Crippen LogP contribution is -2.34. The third-order valence-electron chi connectivity index (χ3n) is 7.29. The van der Waals surface area contributed by atoms with Crippen molar-refractivity contribution in [2.45, 2.75) is 52.0 Å². The van der Waals surface area contributed by atoms with Gasteiger partial charge in [0.1, 0.15) is 5.82 Å². The molecule has 1 fully saturated rings. The van der Waals surface area contributed by atoms with Crippen molar-refractivity contribution in [3.8, 4) is 0 Å². The summed E-state index contributed by atoms with van der Waals surface area (Å²) in [6.07, 6.45) is 3.70. The van der Waals surface area contributed by atoms with Gasteiger partial charge >= 0.3 is 0 Å². The van der Waals surface area contributed by atoms with Gasteiger partial charge < -0.3 is 14.8 Å². The number of carbonyl (C=O) groups excluding carboxylic acids is 2. The smallest absolute Gasteiger partial charge is 0.254 e. The number of carbonyl (C=O) groups is 2. The molecule has 1 aliphatic heterocycles. The number of benzene rings is 2. The maximum atomic E-state index is 12.9. The number of nitrogens with zero attached hydrogens (tertiary/aromatic N) is 3. The van der Waals surface area contributed by atoms with Crippen molar-refractivity contribution in [3.63, 3.8) is 0 Å². The summed E-state index contributed by atoms with van der Waals surface area (Å²) in [7, 11) is 2.04. The van der Waals surface area contributed by atoms with Crippen LogP contribution in [0.2, 0.25) is 0 Å². The standard InChI is InChI=1S/C27H32N4O2/c1-17(2)25-29-23-14-21(12-13-24(23)30(25)3)28-26(32)19-10-8-18(9-11-19)15-31-16-20-6-4-5-7-22(20)27(31)33/h4-7,12-14,17-19H,8-11,15-16H2,1-3H3,(H,28,32). The van der Waals surface area contributed by atoms with Crippen LogP contribution in [-0.2, 0) is 18.4 Å². The lowest BCUT2D eigenvalue weighted by Gasteiger charge is -2.30. The van der Waals surface area contributed by atoms with E-state index in [4.69, 9.17) is 4.98 Å². The van der Waals surface area contributed by atoms with Crippen LogP contribution >= 0.6 is 0 Å². The van der Waals surface area contributed by atoms with Crippen LogP contribution in [0.25, 0.3) is 11.0 Å². The van der Waals surface area contributed by atoms with Crippen molar-refractivity contribution in [2.24, 2.45) is 18.9 Å². The average molecular weight is 445 g/mol. The predicted molar refractivity (Wildman–Crippen MR) is 130 cm³/mol. The first-order valence-electron chi connectivity index (χ1n) is 12.0. The molecule has 5 rings (SSSR count). The average Bonchev–Trinajstić information content (AvgIpc) is 3.31. The van der Waals surface area contributed by atoms with Gasteiger partial charge in [-0.3, -0.25) is 9.59 Å². The maximum absolute atomic E-state index is 12.9. The normalized spacial score (nSPS) is 20.5. The van der Waals surface area contributed by atoms with Crippen molar-refractivity contribution in [1.82, 2.24) is 14.5 Å². The minimum atomic E-state index is 0.0263. The molecule has 33 heavy (non-hydrogen) atoms. The van der Waals surface area contributed by atoms with E-state index in [1.165, 1.54) is 0 Å². The van der Waals surface area contributed by atoms with E-state index in [0.717, 1.165) is 65.9 Å². The van der Waals surface area contributed by atoms with Gasteiger partial charge in [-0.2, -0.15) is 0 Å². The summed E-state index contributed by atoms with van der Waals surface area (Å²) in [6.45, 7) is 5.78. The quantitative estimate of drug-likeness (QED) is 0.595. The lowest BCUT2D eigenvalue weighted by molar-refractivity contribution is -0.121. The third kappa shape index (κ3) is 4.14. The highest BCUT2D eigenvalue weighted by atomic mass is 16.2. The van der Waals surface area contributed by atoms with Crippen LogP contribution in [-0.4, -0.2) is 32.8 Å². The van der Waals surface area contributed by atoms with Gasteiger partial charge in [0.15, 0.2) is 0 Å². The number of aromatic nitrogens is 2. The molecule has 1 saturated carbocycles. The molecule has 172 valence electrons. The van der Waals surface area contributed by atoms with Gasteiger partial charge in [0.25, 0.3) is 5.91 Å². The SMILES string of the molecule is CC(C)c1nc2cc(NC(=O)C3CCC(CN4Cc5ccccc5C4=O)CC3)ccc2n1C. The number of hydrogen-bond donors (Lipinski definition) is 1. The summed E-state index contributed by atoms with van der Waals surface area (Å²) < 4.78 is 2.12. The minimum Gasteiger partial charge on any atom is -0.334 e. The van der Waals surface area contributed by atoms with E-state index in [1.54, 1.807) is 0 Å². The summed E-state index contributed by atoms with van der Waals surface area (Å²) in [5.74, 6) is 2.13. The van der Waals surface area contributed by atoms with Crippen LogP contribution in [0.5, 0.6) is 0 Å². The molecule has 0 atom stereocenters. The topological polar surface area (TPSA) is 67.2 Å². The molecule has 6 heteroatoms. The number of anilines is 1. The number of amides is 2. The van der Waals surface area contributed by atoms with Gasteiger partial charge in [0.2, 0.25) is 5.91 Å². The van der Waals surface area contributed by atoms with Gasteiger partial charge in [-0.25, -0.2) is 4.98 Å². The summed E-state index contributed by atoms with van der Waals surface area (Å²) in [5.41, 5.74) is 4.77. The second-order valence-corrected chi connectivity index (χ2v) is 9.94. The van der Waals surface area contributed by atoms with Crippen LogP contribution in [0.15, 0.2) is 42.5 Å². The summed E-state index contributed by atoms with van der Waals surface area (Å²) >= 11 is 0. The van der Waals surface area contributed by atoms with Gasteiger partial charge in [-0.05, 0) is 61.4 Å². The van der Waals surface area contributed by atoms with E-state index in [2.05, 4.69) is 23.7 Å². The van der Waals surface area contributed by atoms with Crippen molar-refractivity contribution in [3.05, 3.63) is 59.4 Å². The molecule has 0 spiro atoms. The molecule has 0 bridgehead atoms. The highest BCUT2D eigenvalue weighted by Crippen LogP contribution is 2.33. The van der Waals surface area contributed by atoms with E-state index in [1.807, 2.05) is 54.4 Å². The maximum Gasteiger partial charge on any atom is 0.254 e. The number of hydrogen-bond acceptors (Lipinski definition) is 3. The molecule has 2 aromatic carbocycles. The van der Waals surface area contributed by atoms with Crippen LogP contribution < -0.4 is 5.32 Å². The Morgan fingerprint density at radius 3 is 2.61 bits per heavy atom. The molecule has 0 radical (unpaired) electrons. The minimum absolute atomic E-state index is 0.0263. The molecular formula is C27H32N4O2. The van der Waals surface area contributed by atoms with Crippen LogP contribution in [0.1, 0.15) is 67.2 Å². The van der Waals surface area contributed by atoms with Crippen LogP contribution in [0.4, 0.5) is 5.69 Å². The molecule has 1 aromatic heterocycles. The number of aryl methyl sites for hydroxylation is 1. The van der Waals surface area contributed by atoms with Crippen molar-refractivity contribution in [2.75, 3.05) is 11.9 Å². The fraction of sp³-hybridized carbons (Fsp3) is 0.444. The highest BCUT2D eigenvalue weighted by Gasteiger charge is 2.32. The largest absolute Gasteiger partial charge is 0.334 e. The van der Waals surface area contributed by atoms with Crippen molar-refractivity contribution >= 4 is 28.5 Å². The van der Waals surface area contributed by atoms with Gasteiger partial charge in [0, 0.05) is 43.2 Å². The Morgan fingerprint density at radius 1 is 1.12 bits per heavy atom. The van der Waals surface area contributed by atoms with E-state index >= 15 is 0 Å². The molecule has 2 heterocycles. The number of fused-ring (bicyclic) bond motifs is 2. The predicted octanol–water partition coefficient (Wildman–Crippen LogP) is 5.10. The molecular weight excluding hydrogens is 412 g/mol. The monoisotopic (exact) mass is 444 g/mol. The molecule has 2 aliphatic rings. The summed E-state index contributed by atoms with van der Waals surface area (Å²) in [5, 5.41) is 3.12. The molecule has 2 amide bonds. The Balaban J connectivity index is 1.16. The van der Waals surface area contributed by atoms with E-state index in [9.17, 15) is 9.59 Å². The third-order valence-corrected chi connectivity index (χ3v) is 7.29. The summed E-state index contributed by atoms with van der Waals surface area (Å²) in [6, 6.07) is 13.9. The second-order valence-electron chi connectivity index (χ2n) is 9.94. The summed E-state index contributed by atoms with van der Waals surface area (Å²) in [4.78, 5) is 32.3. The lowest BCUT2D eigenvalue weighted by atomic mass is 9.81. The fourth-order valence-electron chi connectivity index (χ4n) is 5.44. The van der Waals surface area contributed by atoms with Crippen LogP contribution in [0.3, 0.4) is 0 Å². The first kappa shape index (κ1) is 21.7. The second kappa shape index (κ2) is 8.65. The van der Waals surface area contributed by atoms with Crippen molar-refractivity contribution < 1.29 is 9.59 Å². The van der Waals surface area contributed by atoms with Gasteiger partial charge in [0.05, 0.1) is 11.0 Å². The number of rotatable bonds is 5. The number of nitrogens with one attached hydrogen (secondary N) is 1. The molecule has 1 N–H and O–H groups in total. The van der Waals surface area contributed by atoms with E-state index < -0.39 is 0 Å². The number of imidazole rings is 1. The van der Waals surface area contributed by atoms with E-state index in [-0.39, 0.29) is 17.7 Å². The van der Waals surface area contributed by atoms with Gasteiger partial charge in [-0.1, -0.05) is 32.0 Å². The Labute approximate surface area is 195 Å². The fourth-order valence-corrected chi connectivity index (χ4v) is 5.44. The zero-order valence-corrected chi connectivity index (χ0v) is 19.7. The highest BCUT2D eigenvalue weighted by molar-refractivity contribution is 5.98. The van der Waals surface area contributed by atoms with E-state index in [0.29, 0.717) is 18.4 Å². The van der Waals surface area contributed by atoms with Crippen LogP contribution in [0, 0.1) is 11.8 Å². The first-order valence-corrected chi connectivity index (χ1v) is 12.0. The van der Waals surface area contributed by atoms with Gasteiger partial charge in [-0.15, -0.1) is 0 Å². The zero-order chi connectivity index (χ0) is 23.1. The molecule has 0 saturated heterocycles.